The van der Waals surface area contributed by atoms with Gasteiger partial charge in [-0.15, -0.1) is 0 Å². The number of rotatable bonds is 2. The number of fused-ring (bicyclic) bond motifs is 3. The maximum atomic E-state index is 6.36. The molecule has 4 aromatic rings. The molecule has 1 aliphatic carbocycles. The lowest BCUT2D eigenvalue weighted by atomic mass is 9.98. The second kappa shape index (κ2) is 6.52. The normalized spacial score (nSPS) is 14.1. The van der Waals surface area contributed by atoms with Gasteiger partial charge in [0.05, 0.1) is 10.4 Å². The summed E-state index contributed by atoms with van der Waals surface area (Å²) in [6.45, 7) is 0. The van der Waals surface area contributed by atoms with Crippen LogP contribution < -0.4 is 0 Å². The summed E-state index contributed by atoms with van der Waals surface area (Å²) in [6, 6.07) is 13.8. The predicted molar refractivity (Wildman–Crippen MR) is 111 cm³/mol. The fourth-order valence-corrected chi connectivity index (χ4v) is 3.89. The molecule has 5 rings (SSSR count). The molecule has 0 saturated heterocycles. The highest BCUT2D eigenvalue weighted by Crippen LogP contribution is 2.37. The average Bonchev–Trinajstić information content (AvgIpc) is 3.08. The number of aromatic nitrogens is 2. The lowest BCUT2D eigenvalue weighted by Gasteiger charge is -2.08. The monoisotopic (exact) mass is 392 g/mol. The van der Waals surface area contributed by atoms with Crippen molar-refractivity contribution in [3.05, 3.63) is 76.6 Å². The van der Waals surface area contributed by atoms with Crippen molar-refractivity contribution in [3.8, 4) is 11.3 Å². The molecule has 0 saturated carbocycles. The molecule has 2 aromatic heterocycles. The van der Waals surface area contributed by atoms with Crippen LogP contribution in [-0.2, 0) is 0 Å². The second-order valence-corrected chi connectivity index (χ2v) is 7.20. The molecular formula is C22H14Cl2N2O. The minimum Gasteiger partial charge on any atom is -0.452 e. The van der Waals surface area contributed by atoms with Gasteiger partial charge < -0.3 is 4.42 Å². The van der Waals surface area contributed by atoms with E-state index in [9.17, 15) is 0 Å². The summed E-state index contributed by atoms with van der Waals surface area (Å²) in [5.41, 5.74) is 5.90. The summed E-state index contributed by atoms with van der Waals surface area (Å²) < 4.78 is 6.03. The molecule has 0 spiro atoms. The summed E-state index contributed by atoms with van der Waals surface area (Å²) in [4.78, 5) is 8.79. The van der Waals surface area contributed by atoms with Crippen molar-refractivity contribution in [2.24, 2.45) is 0 Å². The summed E-state index contributed by atoms with van der Waals surface area (Å²) in [7, 11) is 0. The first-order valence-electron chi connectivity index (χ1n) is 8.72. The Bertz CT molecular complexity index is 1240. The van der Waals surface area contributed by atoms with Crippen molar-refractivity contribution in [2.75, 3.05) is 0 Å². The van der Waals surface area contributed by atoms with E-state index in [-0.39, 0.29) is 5.28 Å². The smallest absolute Gasteiger partial charge is 0.223 e. The SMILES string of the molecule is Clc1nc(-c2ccc(C3=CCCC=C3)cc2)c2oc3cccc(Cl)c3c2n1. The number of hydrogen-bond acceptors (Lipinski definition) is 3. The first-order chi connectivity index (χ1) is 13.2. The standard InChI is InChI=1S/C22H14Cl2N2O/c23-16-7-4-8-17-18(16)20-21(27-17)19(25-22(24)26-20)15-11-9-14(10-12-15)13-5-2-1-3-6-13/h2,4-12H,1,3H2. The van der Waals surface area contributed by atoms with Crippen LogP contribution in [-0.4, -0.2) is 9.97 Å². The first kappa shape index (κ1) is 16.5. The van der Waals surface area contributed by atoms with Gasteiger partial charge >= 0.3 is 0 Å². The van der Waals surface area contributed by atoms with E-state index in [0.29, 0.717) is 27.4 Å². The van der Waals surface area contributed by atoms with Crippen LogP contribution in [0.1, 0.15) is 18.4 Å². The Labute approximate surface area is 165 Å². The lowest BCUT2D eigenvalue weighted by Crippen LogP contribution is -1.91. The minimum atomic E-state index is 0.169. The third kappa shape index (κ3) is 2.84. The molecule has 0 aliphatic heterocycles. The van der Waals surface area contributed by atoms with E-state index in [0.717, 1.165) is 23.8 Å². The van der Waals surface area contributed by atoms with E-state index in [1.165, 1.54) is 11.1 Å². The Morgan fingerprint density at radius 1 is 0.889 bits per heavy atom. The fraction of sp³-hybridized carbons (Fsp3) is 0.0909. The van der Waals surface area contributed by atoms with Gasteiger partial charge in [0.1, 0.15) is 16.8 Å². The van der Waals surface area contributed by atoms with Gasteiger partial charge in [-0.3, -0.25) is 0 Å². The van der Waals surface area contributed by atoms with Crippen LogP contribution in [0.4, 0.5) is 0 Å². The van der Waals surface area contributed by atoms with Crippen molar-refractivity contribution in [3.63, 3.8) is 0 Å². The second-order valence-electron chi connectivity index (χ2n) is 6.45. The third-order valence-electron chi connectivity index (χ3n) is 4.75. The van der Waals surface area contributed by atoms with Crippen LogP contribution in [0.5, 0.6) is 0 Å². The number of nitrogens with zero attached hydrogens (tertiary/aromatic N) is 2. The molecule has 0 amide bonds. The quantitative estimate of drug-likeness (QED) is 0.342. The maximum absolute atomic E-state index is 6.36. The molecule has 132 valence electrons. The molecular weight excluding hydrogens is 379 g/mol. The molecule has 2 aromatic carbocycles. The Morgan fingerprint density at radius 3 is 2.48 bits per heavy atom. The molecule has 5 heteroatoms. The van der Waals surface area contributed by atoms with Crippen LogP contribution in [0.15, 0.2) is 65.1 Å². The molecule has 0 atom stereocenters. The molecule has 0 radical (unpaired) electrons. The van der Waals surface area contributed by atoms with Crippen molar-refractivity contribution < 1.29 is 4.42 Å². The van der Waals surface area contributed by atoms with E-state index in [4.69, 9.17) is 27.6 Å². The third-order valence-corrected chi connectivity index (χ3v) is 5.23. The van der Waals surface area contributed by atoms with Gasteiger partial charge in [-0.25, -0.2) is 9.97 Å². The number of hydrogen-bond donors (Lipinski definition) is 0. The molecule has 1 aliphatic rings. The van der Waals surface area contributed by atoms with Gasteiger partial charge in [0.15, 0.2) is 5.58 Å². The topological polar surface area (TPSA) is 38.9 Å². The van der Waals surface area contributed by atoms with E-state index < -0.39 is 0 Å². The zero-order valence-corrected chi connectivity index (χ0v) is 15.8. The fourth-order valence-electron chi connectivity index (χ4n) is 3.46. The largest absolute Gasteiger partial charge is 0.452 e. The lowest BCUT2D eigenvalue weighted by molar-refractivity contribution is 0.667. The number of halogens is 2. The number of benzene rings is 2. The highest BCUT2D eigenvalue weighted by atomic mass is 35.5. The van der Waals surface area contributed by atoms with E-state index in [1.807, 2.05) is 30.3 Å². The van der Waals surface area contributed by atoms with E-state index >= 15 is 0 Å². The van der Waals surface area contributed by atoms with Gasteiger partial charge in [0, 0.05) is 5.56 Å². The minimum absolute atomic E-state index is 0.169. The molecule has 0 bridgehead atoms. The van der Waals surface area contributed by atoms with Crippen LogP contribution in [0.25, 0.3) is 38.9 Å². The van der Waals surface area contributed by atoms with Gasteiger partial charge in [-0.1, -0.05) is 60.2 Å². The van der Waals surface area contributed by atoms with Crippen molar-refractivity contribution in [1.29, 1.82) is 0 Å². The van der Waals surface area contributed by atoms with Crippen LogP contribution in [0.3, 0.4) is 0 Å². The zero-order valence-electron chi connectivity index (χ0n) is 14.2. The predicted octanol–water partition coefficient (Wildman–Crippen LogP) is 7.08. The van der Waals surface area contributed by atoms with Crippen LogP contribution in [0, 0.1) is 0 Å². The van der Waals surface area contributed by atoms with Gasteiger partial charge in [0.25, 0.3) is 0 Å². The van der Waals surface area contributed by atoms with Crippen LogP contribution in [0.2, 0.25) is 10.3 Å². The van der Waals surface area contributed by atoms with Crippen LogP contribution >= 0.6 is 23.2 Å². The van der Waals surface area contributed by atoms with Gasteiger partial charge in [-0.05, 0) is 47.7 Å². The number of furan rings is 1. The molecule has 0 N–H and O–H groups in total. The Morgan fingerprint density at radius 2 is 1.70 bits per heavy atom. The van der Waals surface area contributed by atoms with Gasteiger partial charge in [-0.2, -0.15) is 0 Å². The molecule has 3 nitrogen and oxygen atoms in total. The highest BCUT2D eigenvalue weighted by Gasteiger charge is 2.18. The Balaban J connectivity index is 1.68. The molecule has 2 heterocycles. The Hall–Kier alpha value is -2.62. The van der Waals surface area contributed by atoms with E-state index in [1.54, 1.807) is 0 Å². The first-order valence-corrected chi connectivity index (χ1v) is 9.48. The molecule has 27 heavy (non-hydrogen) atoms. The summed E-state index contributed by atoms with van der Waals surface area (Å²) in [6.07, 6.45) is 8.81. The number of allylic oxidation sites excluding steroid dienone is 4. The summed E-state index contributed by atoms with van der Waals surface area (Å²) in [5.74, 6) is 0. The van der Waals surface area contributed by atoms with Crippen molar-refractivity contribution in [1.82, 2.24) is 9.97 Å². The summed E-state index contributed by atoms with van der Waals surface area (Å²) in [5, 5.41) is 1.51. The molecule has 0 unspecified atom stereocenters. The molecule has 0 fully saturated rings. The average molecular weight is 393 g/mol. The van der Waals surface area contributed by atoms with Crippen molar-refractivity contribution >= 4 is 50.8 Å². The Kier molecular flexibility index (Phi) is 4.00. The summed E-state index contributed by atoms with van der Waals surface area (Å²) >= 11 is 12.6. The van der Waals surface area contributed by atoms with Gasteiger partial charge in [0.2, 0.25) is 5.28 Å². The van der Waals surface area contributed by atoms with Crippen molar-refractivity contribution in [2.45, 2.75) is 12.8 Å². The zero-order chi connectivity index (χ0) is 18.4. The van der Waals surface area contributed by atoms with E-state index in [2.05, 4.69) is 40.3 Å². The maximum Gasteiger partial charge on any atom is 0.223 e. The highest BCUT2D eigenvalue weighted by molar-refractivity contribution is 6.37.